The Balaban J connectivity index is 1.84. The Morgan fingerprint density at radius 3 is 3.00 bits per heavy atom. The van der Waals surface area contributed by atoms with E-state index in [1.807, 2.05) is 16.1 Å². The van der Waals surface area contributed by atoms with E-state index in [2.05, 4.69) is 24.3 Å². The normalized spacial score (nSPS) is 18.3. The SMILES string of the molecule is O=c1sccn1CC1Cc2ccccc21. The van der Waals surface area contributed by atoms with Gasteiger partial charge in [-0.2, -0.15) is 0 Å². The van der Waals surface area contributed by atoms with E-state index in [4.69, 9.17) is 0 Å². The van der Waals surface area contributed by atoms with Crippen molar-refractivity contribution in [2.45, 2.75) is 18.9 Å². The van der Waals surface area contributed by atoms with Crippen LogP contribution in [0.25, 0.3) is 0 Å². The Morgan fingerprint density at radius 1 is 1.40 bits per heavy atom. The zero-order valence-corrected chi connectivity index (χ0v) is 9.04. The summed E-state index contributed by atoms with van der Waals surface area (Å²) in [5.74, 6) is 0.536. The number of thiazole rings is 1. The lowest BCUT2D eigenvalue weighted by atomic mass is 9.77. The molecule has 0 saturated carbocycles. The fraction of sp³-hybridized carbons (Fsp3) is 0.250. The van der Waals surface area contributed by atoms with Gasteiger partial charge in [0.05, 0.1) is 0 Å². The zero-order chi connectivity index (χ0) is 10.3. The number of aromatic nitrogens is 1. The standard InChI is InChI=1S/C12H11NOS/c14-12-13(5-6-15-12)8-10-7-9-3-1-2-4-11(9)10/h1-6,10H,7-8H2. The van der Waals surface area contributed by atoms with Crippen molar-refractivity contribution in [2.75, 3.05) is 0 Å². The quantitative estimate of drug-likeness (QED) is 0.756. The molecule has 3 heteroatoms. The molecule has 15 heavy (non-hydrogen) atoms. The first-order valence-electron chi connectivity index (χ1n) is 5.06. The van der Waals surface area contributed by atoms with Crippen LogP contribution in [0, 0.1) is 0 Å². The molecule has 0 aliphatic heterocycles. The van der Waals surface area contributed by atoms with Crippen molar-refractivity contribution >= 4 is 11.3 Å². The van der Waals surface area contributed by atoms with Crippen LogP contribution < -0.4 is 4.87 Å². The summed E-state index contributed by atoms with van der Waals surface area (Å²) >= 11 is 1.27. The molecule has 0 fully saturated rings. The third kappa shape index (κ3) is 1.43. The second-order valence-corrected chi connectivity index (χ2v) is 4.78. The van der Waals surface area contributed by atoms with E-state index in [0.29, 0.717) is 5.92 Å². The first kappa shape index (κ1) is 8.92. The lowest BCUT2D eigenvalue weighted by molar-refractivity contribution is 0.504. The van der Waals surface area contributed by atoms with Gasteiger partial charge in [0.2, 0.25) is 0 Å². The maximum absolute atomic E-state index is 11.4. The predicted octanol–water partition coefficient (Wildman–Crippen LogP) is 2.25. The number of hydrogen-bond acceptors (Lipinski definition) is 2. The van der Waals surface area contributed by atoms with Crippen LogP contribution in [0.4, 0.5) is 0 Å². The van der Waals surface area contributed by atoms with Crippen molar-refractivity contribution in [3.8, 4) is 0 Å². The highest BCUT2D eigenvalue weighted by atomic mass is 32.1. The molecule has 76 valence electrons. The number of hydrogen-bond donors (Lipinski definition) is 0. The van der Waals surface area contributed by atoms with E-state index >= 15 is 0 Å². The predicted molar refractivity (Wildman–Crippen MR) is 61.5 cm³/mol. The third-order valence-corrected chi connectivity index (χ3v) is 3.72. The number of fused-ring (bicyclic) bond motifs is 1. The molecule has 0 saturated heterocycles. The summed E-state index contributed by atoms with van der Waals surface area (Å²) in [6, 6.07) is 8.48. The number of rotatable bonds is 2. The summed E-state index contributed by atoms with van der Waals surface area (Å²) in [7, 11) is 0. The molecule has 2 nitrogen and oxygen atoms in total. The second kappa shape index (κ2) is 3.35. The summed E-state index contributed by atoms with van der Waals surface area (Å²) in [5, 5.41) is 1.85. The molecule has 1 aromatic carbocycles. The second-order valence-electron chi connectivity index (χ2n) is 3.92. The van der Waals surface area contributed by atoms with Crippen molar-refractivity contribution in [1.29, 1.82) is 0 Å². The van der Waals surface area contributed by atoms with Crippen LogP contribution in [0.15, 0.2) is 40.6 Å². The molecule has 1 heterocycles. The maximum atomic E-state index is 11.4. The smallest absolute Gasteiger partial charge is 0.305 e. The van der Waals surface area contributed by atoms with E-state index in [9.17, 15) is 4.79 Å². The van der Waals surface area contributed by atoms with Gasteiger partial charge in [0, 0.05) is 24.0 Å². The minimum Gasteiger partial charge on any atom is -0.305 e. The molecule has 1 aliphatic rings. The van der Waals surface area contributed by atoms with Gasteiger partial charge in [0.25, 0.3) is 0 Å². The summed E-state index contributed by atoms with van der Waals surface area (Å²) in [4.78, 5) is 11.5. The van der Waals surface area contributed by atoms with Gasteiger partial charge in [-0.1, -0.05) is 35.6 Å². The summed E-state index contributed by atoms with van der Waals surface area (Å²) in [6.45, 7) is 0.833. The third-order valence-electron chi connectivity index (χ3n) is 3.02. The first-order chi connectivity index (χ1) is 7.34. The summed E-state index contributed by atoms with van der Waals surface area (Å²) in [5.41, 5.74) is 2.85. The number of nitrogens with zero attached hydrogens (tertiary/aromatic N) is 1. The van der Waals surface area contributed by atoms with Crippen molar-refractivity contribution < 1.29 is 0 Å². The monoisotopic (exact) mass is 217 g/mol. The molecule has 0 N–H and O–H groups in total. The van der Waals surface area contributed by atoms with Crippen LogP contribution in [-0.2, 0) is 13.0 Å². The molecular weight excluding hydrogens is 206 g/mol. The number of benzene rings is 1. The van der Waals surface area contributed by atoms with E-state index in [1.54, 1.807) is 0 Å². The highest BCUT2D eigenvalue weighted by Crippen LogP contribution is 2.35. The van der Waals surface area contributed by atoms with Crippen molar-refractivity contribution in [3.63, 3.8) is 0 Å². The van der Waals surface area contributed by atoms with Crippen LogP contribution in [0.3, 0.4) is 0 Å². The van der Waals surface area contributed by atoms with Crippen LogP contribution in [-0.4, -0.2) is 4.57 Å². The van der Waals surface area contributed by atoms with Crippen LogP contribution in [0.2, 0.25) is 0 Å². The van der Waals surface area contributed by atoms with Gasteiger partial charge >= 0.3 is 4.87 Å². The molecule has 0 bridgehead atoms. The zero-order valence-electron chi connectivity index (χ0n) is 8.22. The van der Waals surface area contributed by atoms with E-state index in [0.717, 1.165) is 13.0 Å². The Kier molecular flexibility index (Phi) is 1.99. The highest BCUT2D eigenvalue weighted by molar-refractivity contribution is 7.07. The van der Waals surface area contributed by atoms with Gasteiger partial charge in [0.15, 0.2) is 0 Å². The average molecular weight is 217 g/mol. The molecule has 1 aromatic heterocycles. The van der Waals surface area contributed by atoms with Gasteiger partial charge in [0.1, 0.15) is 0 Å². The maximum Gasteiger partial charge on any atom is 0.307 e. The van der Waals surface area contributed by atoms with E-state index in [1.165, 1.54) is 22.5 Å². The highest BCUT2D eigenvalue weighted by Gasteiger charge is 2.25. The Labute approximate surface area is 91.8 Å². The van der Waals surface area contributed by atoms with E-state index < -0.39 is 0 Å². The largest absolute Gasteiger partial charge is 0.307 e. The topological polar surface area (TPSA) is 22.0 Å². The Bertz CT molecular complexity index is 540. The van der Waals surface area contributed by atoms with Crippen molar-refractivity contribution in [3.05, 3.63) is 56.6 Å². The van der Waals surface area contributed by atoms with Gasteiger partial charge < -0.3 is 4.57 Å². The fourth-order valence-corrected chi connectivity index (χ4v) is 2.78. The molecule has 0 radical (unpaired) electrons. The minimum absolute atomic E-state index is 0.152. The van der Waals surface area contributed by atoms with Crippen LogP contribution >= 0.6 is 11.3 Å². The van der Waals surface area contributed by atoms with Gasteiger partial charge in [-0.05, 0) is 17.5 Å². The summed E-state index contributed by atoms with van der Waals surface area (Å²) < 4.78 is 1.81. The molecule has 2 aromatic rings. The van der Waals surface area contributed by atoms with Gasteiger partial charge in [-0.3, -0.25) is 4.79 Å². The van der Waals surface area contributed by atoms with Crippen molar-refractivity contribution in [2.24, 2.45) is 0 Å². The molecule has 0 amide bonds. The fourth-order valence-electron chi connectivity index (χ4n) is 2.19. The summed E-state index contributed by atoms with van der Waals surface area (Å²) in [6.07, 6.45) is 2.99. The molecule has 1 unspecified atom stereocenters. The lowest BCUT2D eigenvalue weighted by Gasteiger charge is -2.30. The lowest BCUT2D eigenvalue weighted by Crippen LogP contribution is -2.25. The Morgan fingerprint density at radius 2 is 2.27 bits per heavy atom. The first-order valence-corrected chi connectivity index (χ1v) is 5.94. The van der Waals surface area contributed by atoms with Crippen molar-refractivity contribution in [1.82, 2.24) is 4.57 Å². The minimum atomic E-state index is 0.152. The van der Waals surface area contributed by atoms with Gasteiger partial charge in [-0.25, -0.2) is 0 Å². The van der Waals surface area contributed by atoms with Crippen LogP contribution in [0.1, 0.15) is 17.0 Å². The molecule has 3 rings (SSSR count). The molecule has 0 spiro atoms. The molecule has 1 atom stereocenters. The molecule has 1 aliphatic carbocycles. The molecular formula is C12H11NOS. The van der Waals surface area contributed by atoms with Gasteiger partial charge in [-0.15, -0.1) is 0 Å². The average Bonchev–Trinajstić information content (AvgIpc) is 2.61. The Hall–Kier alpha value is -1.35. The van der Waals surface area contributed by atoms with E-state index in [-0.39, 0.29) is 4.87 Å². The van der Waals surface area contributed by atoms with Crippen LogP contribution in [0.5, 0.6) is 0 Å².